The molecule has 0 bridgehead atoms. The van der Waals surface area contributed by atoms with Crippen LogP contribution in [-0.4, -0.2) is 112 Å². The summed E-state index contributed by atoms with van der Waals surface area (Å²) in [6.45, 7) is 2.87. The molecule has 1 unspecified atom stereocenters. The smallest absolute Gasteiger partial charge is 0.305 e. The van der Waals surface area contributed by atoms with E-state index in [0.717, 1.165) is 25.7 Å². The molecule has 0 amide bonds. The van der Waals surface area contributed by atoms with Gasteiger partial charge >= 0.3 is 5.97 Å². The van der Waals surface area contributed by atoms with Gasteiger partial charge in [0.2, 0.25) is 0 Å². The Bertz CT molecular complexity index is 632. The van der Waals surface area contributed by atoms with Crippen molar-refractivity contribution in [3.8, 4) is 0 Å². The number of carbonyl (C=O) groups excluding carboxylic acids is 1. The third-order valence-electron chi connectivity index (χ3n) is 7.17. The van der Waals surface area contributed by atoms with Crippen LogP contribution in [0.15, 0.2) is 12.2 Å². The van der Waals surface area contributed by atoms with Gasteiger partial charge in [0.25, 0.3) is 0 Å². The van der Waals surface area contributed by atoms with Gasteiger partial charge in [0.1, 0.15) is 31.0 Å². The van der Waals surface area contributed by atoms with Crippen LogP contribution in [-0.2, 0) is 33.2 Å². The average molecular weight is 605 g/mol. The molecule has 248 valence electrons. The van der Waals surface area contributed by atoms with E-state index >= 15 is 0 Å². The van der Waals surface area contributed by atoms with E-state index in [1.165, 1.54) is 57.8 Å². The molecular formula is C32H60O10. The van der Waals surface area contributed by atoms with E-state index in [-0.39, 0.29) is 72.0 Å². The Morgan fingerprint density at radius 1 is 0.786 bits per heavy atom. The number of rotatable bonds is 30. The summed E-state index contributed by atoms with van der Waals surface area (Å²) in [6, 6.07) is 0. The number of unbranched alkanes of at least 4 members (excludes halogenated alkanes) is 11. The molecule has 10 nitrogen and oxygen atoms in total. The van der Waals surface area contributed by atoms with Crippen molar-refractivity contribution in [2.45, 2.75) is 121 Å². The van der Waals surface area contributed by atoms with Crippen LogP contribution in [0.2, 0.25) is 0 Å². The lowest BCUT2D eigenvalue weighted by atomic mass is 10.1. The maximum atomic E-state index is 12.1. The number of allylic oxidation sites excluding steroid dienone is 2. The maximum absolute atomic E-state index is 12.1. The summed E-state index contributed by atoms with van der Waals surface area (Å²) < 4.78 is 34.0. The third kappa shape index (κ3) is 20.0. The number of ether oxygens (including phenoxy) is 6. The van der Waals surface area contributed by atoms with Crippen molar-refractivity contribution < 1.29 is 48.5 Å². The zero-order valence-electron chi connectivity index (χ0n) is 26.1. The summed E-state index contributed by atoms with van der Waals surface area (Å²) in [7, 11) is 0. The second-order valence-electron chi connectivity index (χ2n) is 10.8. The predicted octanol–water partition coefficient (Wildman–Crippen LogP) is 4.12. The molecule has 1 fully saturated rings. The molecule has 0 aromatic carbocycles. The summed E-state index contributed by atoms with van der Waals surface area (Å²) in [5, 5.41) is 27.5. The lowest BCUT2D eigenvalue weighted by Crippen LogP contribution is -2.45. The number of carbonyl (C=O) groups is 1. The highest BCUT2D eigenvalue weighted by Gasteiger charge is 2.44. The molecule has 1 rings (SSSR count). The normalized spacial score (nSPS) is 19.6. The molecule has 1 aliphatic heterocycles. The van der Waals surface area contributed by atoms with Gasteiger partial charge in [-0.15, -0.1) is 0 Å². The van der Waals surface area contributed by atoms with Crippen molar-refractivity contribution in [3.63, 3.8) is 0 Å². The second kappa shape index (κ2) is 28.6. The van der Waals surface area contributed by atoms with Crippen LogP contribution in [0.5, 0.6) is 0 Å². The second-order valence-corrected chi connectivity index (χ2v) is 10.8. The van der Waals surface area contributed by atoms with Crippen LogP contribution in [0, 0.1) is 0 Å². The minimum absolute atomic E-state index is 0.0910. The Morgan fingerprint density at radius 2 is 1.40 bits per heavy atom. The SMILES string of the molecule is CCCCCCCC/C=C/CCCCCCCC(=O)OCCOCC(OCCO)[C@H]1OC[C@@H](OCCO)[C@@H]1OCCO. The molecule has 0 radical (unpaired) electrons. The molecule has 1 heterocycles. The van der Waals surface area contributed by atoms with E-state index in [1.54, 1.807) is 0 Å². The topological polar surface area (TPSA) is 133 Å². The number of hydrogen-bond acceptors (Lipinski definition) is 10. The Kier molecular flexibility index (Phi) is 26.5. The zero-order valence-corrected chi connectivity index (χ0v) is 26.1. The van der Waals surface area contributed by atoms with Crippen LogP contribution in [0.25, 0.3) is 0 Å². The minimum Gasteiger partial charge on any atom is -0.463 e. The monoisotopic (exact) mass is 604 g/mol. The van der Waals surface area contributed by atoms with Gasteiger partial charge in [0.15, 0.2) is 0 Å². The molecule has 0 aromatic heterocycles. The van der Waals surface area contributed by atoms with Crippen LogP contribution in [0.4, 0.5) is 0 Å². The summed E-state index contributed by atoms with van der Waals surface area (Å²) in [5.74, 6) is -0.218. The van der Waals surface area contributed by atoms with E-state index in [4.69, 9.17) is 33.5 Å². The lowest BCUT2D eigenvalue weighted by Gasteiger charge is -2.29. The van der Waals surface area contributed by atoms with Gasteiger partial charge in [-0.1, -0.05) is 70.4 Å². The first-order valence-corrected chi connectivity index (χ1v) is 16.3. The van der Waals surface area contributed by atoms with Gasteiger partial charge in [-0.05, 0) is 32.1 Å². The molecule has 0 aromatic rings. The largest absolute Gasteiger partial charge is 0.463 e. The Morgan fingerprint density at radius 3 is 2.07 bits per heavy atom. The van der Waals surface area contributed by atoms with E-state index in [1.807, 2.05) is 0 Å². The molecule has 1 saturated heterocycles. The molecule has 10 heteroatoms. The van der Waals surface area contributed by atoms with E-state index in [0.29, 0.717) is 6.42 Å². The fraction of sp³-hybridized carbons (Fsp3) is 0.906. The van der Waals surface area contributed by atoms with Gasteiger partial charge in [-0.3, -0.25) is 4.79 Å². The van der Waals surface area contributed by atoms with Crippen LogP contribution >= 0.6 is 0 Å². The molecule has 42 heavy (non-hydrogen) atoms. The number of hydrogen-bond donors (Lipinski definition) is 3. The summed E-state index contributed by atoms with van der Waals surface area (Å²) in [4.78, 5) is 12.1. The highest BCUT2D eigenvalue weighted by Crippen LogP contribution is 2.25. The minimum atomic E-state index is -0.560. The van der Waals surface area contributed by atoms with Gasteiger partial charge in [-0.25, -0.2) is 0 Å². The van der Waals surface area contributed by atoms with Gasteiger partial charge in [-0.2, -0.15) is 0 Å². The molecular weight excluding hydrogens is 544 g/mol. The van der Waals surface area contributed by atoms with E-state index in [2.05, 4.69) is 19.1 Å². The van der Waals surface area contributed by atoms with Gasteiger partial charge < -0.3 is 43.7 Å². The van der Waals surface area contributed by atoms with Crippen molar-refractivity contribution in [3.05, 3.63) is 12.2 Å². The standard InChI is InChI=1S/C32H60O10/c1-2-3-4-5-6-7-8-9-10-11-12-13-14-15-16-17-30(36)40-25-24-37-26-28(38-21-18-33)32-31(41-23-20-35)29(27-42-32)39-22-19-34/h9-10,28-29,31-35H,2-8,11-27H2,1H3/b10-9+/t28?,29-,31+,32-/m1/s1. The molecule has 1 aliphatic rings. The van der Waals surface area contributed by atoms with E-state index < -0.39 is 24.4 Å². The highest BCUT2D eigenvalue weighted by molar-refractivity contribution is 5.69. The van der Waals surface area contributed by atoms with Crippen molar-refractivity contribution in [2.24, 2.45) is 0 Å². The first kappa shape index (κ1) is 38.9. The highest BCUT2D eigenvalue weighted by atomic mass is 16.6. The van der Waals surface area contributed by atoms with Crippen LogP contribution in [0.3, 0.4) is 0 Å². The fourth-order valence-electron chi connectivity index (χ4n) is 4.93. The average Bonchev–Trinajstić information content (AvgIpc) is 3.40. The Labute approximate surface area is 254 Å². The van der Waals surface area contributed by atoms with Gasteiger partial charge in [0, 0.05) is 6.42 Å². The Hall–Kier alpha value is -1.11. The van der Waals surface area contributed by atoms with Gasteiger partial charge in [0.05, 0.1) is 59.5 Å². The van der Waals surface area contributed by atoms with Crippen LogP contribution < -0.4 is 0 Å². The molecule has 0 aliphatic carbocycles. The number of esters is 1. The summed E-state index contributed by atoms with van der Waals surface area (Å²) in [6.07, 6.45) is 18.8. The molecule has 0 spiro atoms. The lowest BCUT2D eigenvalue weighted by molar-refractivity contribution is -0.149. The third-order valence-corrected chi connectivity index (χ3v) is 7.17. The first-order valence-electron chi connectivity index (χ1n) is 16.3. The summed E-state index contributed by atoms with van der Waals surface area (Å²) in [5.41, 5.74) is 0. The summed E-state index contributed by atoms with van der Waals surface area (Å²) >= 11 is 0. The van der Waals surface area contributed by atoms with Crippen molar-refractivity contribution >= 4 is 5.97 Å². The van der Waals surface area contributed by atoms with Crippen molar-refractivity contribution in [1.29, 1.82) is 0 Å². The maximum Gasteiger partial charge on any atom is 0.305 e. The number of aliphatic hydroxyl groups is 3. The first-order chi connectivity index (χ1) is 20.7. The quantitative estimate of drug-likeness (QED) is 0.0625. The Balaban J connectivity index is 2.13. The van der Waals surface area contributed by atoms with Crippen molar-refractivity contribution in [1.82, 2.24) is 0 Å². The predicted molar refractivity (Wildman–Crippen MR) is 161 cm³/mol. The van der Waals surface area contributed by atoms with Crippen molar-refractivity contribution in [2.75, 3.05) is 66.1 Å². The molecule has 4 atom stereocenters. The number of aliphatic hydroxyl groups excluding tert-OH is 3. The molecule has 0 saturated carbocycles. The van der Waals surface area contributed by atoms with Crippen LogP contribution in [0.1, 0.15) is 96.8 Å². The molecule has 3 N–H and O–H groups in total. The fourth-order valence-corrected chi connectivity index (χ4v) is 4.93. The zero-order chi connectivity index (χ0) is 30.5. The van der Waals surface area contributed by atoms with E-state index in [9.17, 15) is 15.0 Å².